The Bertz CT molecular complexity index is 1420. The number of hydrogen-bond donors (Lipinski definition) is 0. The number of esters is 1. The second-order valence-electron chi connectivity index (χ2n) is 7.20. The molecule has 3 aromatic rings. The number of carbonyl (C=O) groups is 1. The number of pyridine rings is 1. The number of benzene rings is 1. The first-order valence-corrected chi connectivity index (χ1v) is 10.9. The minimum atomic E-state index is -0.698. The molecule has 0 fully saturated rings. The standard InChI is InChI=1S/C23H19N3O5S/c1-3-29-22(28)19-13(2)25-23-26(20(19)15-6-7-16-17(10-15)31-12-30-16)21(27)18(32-23)9-14-5-4-8-24-11-14/h4-11,20H,3,12H2,1-2H3. The van der Waals surface area contributed by atoms with Gasteiger partial charge in [0.1, 0.15) is 0 Å². The zero-order chi connectivity index (χ0) is 22.2. The van der Waals surface area contributed by atoms with E-state index >= 15 is 0 Å². The summed E-state index contributed by atoms with van der Waals surface area (Å²) in [6.45, 7) is 3.85. The third-order valence-electron chi connectivity index (χ3n) is 5.21. The predicted molar refractivity (Wildman–Crippen MR) is 117 cm³/mol. The normalized spacial score (nSPS) is 17.2. The molecule has 4 heterocycles. The van der Waals surface area contributed by atoms with E-state index in [1.54, 1.807) is 55.1 Å². The molecule has 2 aliphatic rings. The SMILES string of the molecule is CCOC(=O)C1=C(C)N=c2sc(=Cc3cccnc3)c(=O)n2C1c1ccc2c(c1)OCO2. The highest BCUT2D eigenvalue weighted by Gasteiger charge is 2.34. The van der Waals surface area contributed by atoms with E-state index in [1.165, 1.54) is 11.3 Å². The molecule has 1 aromatic carbocycles. The summed E-state index contributed by atoms with van der Waals surface area (Å²) < 4.78 is 18.3. The maximum atomic E-state index is 13.5. The van der Waals surface area contributed by atoms with Gasteiger partial charge >= 0.3 is 5.97 Å². The van der Waals surface area contributed by atoms with Gasteiger partial charge in [-0.25, -0.2) is 9.79 Å². The Morgan fingerprint density at radius 3 is 2.94 bits per heavy atom. The monoisotopic (exact) mass is 449 g/mol. The largest absolute Gasteiger partial charge is 0.463 e. The quantitative estimate of drug-likeness (QED) is 0.565. The van der Waals surface area contributed by atoms with Crippen LogP contribution in [-0.2, 0) is 9.53 Å². The highest BCUT2D eigenvalue weighted by atomic mass is 32.1. The van der Waals surface area contributed by atoms with Crippen LogP contribution >= 0.6 is 11.3 Å². The van der Waals surface area contributed by atoms with Gasteiger partial charge in [-0.1, -0.05) is 23.5 Å². The van der Waals surface area contributed by atoms with Gasteiger partial charge in [-0.2, -0.15) is 0 Å². The molecule has 9 heteroatoms. The highest BCUT2D eigenvalue weighted by Crippen LogP contribution is 2.38. The van der Waals surface area contributed by atoms with Crippen LogP contribution in [0, 0.1) is 0 Å². The number of ether oxygens (including phenoxy) is 3. The molecule has 1 unspecified atom stereocenters. The molecule has 0 spiro atoms. The first kappa shape index (κ1) is 20.2. The Labute approximate surface area is 186 Å². The van der Waals surface area contributed by atoms with Crippen molar-refractivity contribution in [1.82, 2.24) is 9.55 Å². The molecule has 0 radical (unpaired) electrons. The number of hydrogen-bond acceptors (Lipinski definition) is 8. The molecule has 2 aromatic heterocycles. The number of allylic oxidation sites excluding steroid dienone is 1. The molecule has 0 aliphatic carbocycles. The molecule has 0 saturated heterocycles. The van der Waals surface area contributed by atoms with Crippen molar-refractivity contribution < 1.29 is 19.0 Å². The second-order valence-corrected chi connectivity index (χ2v) is 8.21. The zero-order valence-corrected chi connectivity index (χ0v) is 18.2. The summed E-state index contributed by atoms with van der Waals surface area (Å²) >= 11 is 1.27. The Hall–Kier alpha value is -3.72. The van der Waals surface area contributed by atoms with Crippen LogP contribution in [0.25, 0.3) is 6.08 Å². The summed E-state index contributed by atoms with van der Waals surface area (Å²) in [6, 6.07) is 8.38. The van der Waals surface area contributed by atoms with Gasteiger partial charge in [-0.3, -0.25) is 14.3 Å². The summed E-state index contributed by atoms with van der Waals surface area (Å²) in [5.74, 6) is 0.687. The van der Waals surface area contributed by atoms with Gasteiger partial charge in [0.05, 0.1) is 28.5 Å². The van der Waals surface area contributed by atoms with E-state index in [0.717, 1.165) is 5.56 Å². The van der Waals surface area contributed by atoms with Crippen LogP contribution in [0.15, 0.2) is 63.8 Å². The number of aromatic nitrogens is 2. The van der Waals surface area contributed by atoms with Crippen LogP contribution in [0.4, 0.5) is 0 Å². The molecular weight excluding hydrogens is 430 g/mol. The Balaban J connectivity index is 1.73. The summed E-state index contributed by atoms with van der Waals surface area (Å²) in [6.07, 6.45) is 5.13. The third kappa shape index (κ3) is 3.40. The number of fused-ring (bicyclic) bond motifs is 2. The number of nitrogens with zero attached hydrogens (tertiary/aromatic N) is 3. The average molecular weight is 449 g/mol. The summed E-state index contributed by atoms with van der Waals surface area (Å²) in [7, 11) is 0. The number of rotatable bonds is 4. The van der Waals surface area contributed by atoms with Gasteiger partial charge in [0.15, 0.2) is 16.3 Å². The van der Waals surface area contributed by atoms with Crippen LogP contribution in [-0.4, -0.2) is 28.9 Å². The second kappa shape index (κ2) is 8.08. The molecule has 0 bridgehead atoms. The van der Waals surface area contributed by atoms with E-state index < -0.39 is 12.0 Å². The fraction of sp³-hybridized carbons (Fsp3) is 0.217. The van der Waals surface area contributed by atoms with Gasteiger partial charge in [-0.05, 0) is 49.2 Å². The predicted octanol–water partition coefficient (Wildman–Crippen LogP) is 1.92. The third-order valence-corrected chi connectivity index (χ3v) is 6.19. The van der Waals surface area contributed by atoms with Crippen molar-refractivity contribution in [3.8, 4) is 11.5 Å². The molecular formula is C23H19N3O5S. The lowest BCUT2D eigenvalue weighted by molar-refractivity contribution is -0.139. The van der Waals surface area contributed by atoms with Crippen LogP contribution in [0.1, 0.15) is 31.0 Å². The van der Waals surface area contributed by atoms with Crippen LogP contribution in [0.3, 0.4) is 0 Å². The maximum Gasteiger partial charge on any atom is 0.338 e. The topological polar surface area (TPSA) is 92.0 Å². The van der Waals surface area contributed by atoms with Gasteiger partial charge in [0, 0.05) is 12.4 Å². The van der Waals surface area contributed by atoms with E-state index in [4.69, 9.17) is 14.2 Å². The molecule has 8 nitrogen and oxygen atoms in total. The van der Waals surface area contributed by atoms with Crippen molar-refractivity contribution in [2.45, 2.75) is 19.9 Å². The Kier molecular flexibility index (Phi) is 5.10. The fourth-order valence-electron chi connectivity index (χ4n) is 3.80. The summed E-state index contributed by atoms with van der Waals surface area (Å²) in [5, 5.41) is 0. The molecule has 0 saturated carbocycles. The van der Waals surface area contributed by atoms with Gasteiger partial charge in [0.2, 0.25) is 6.79 Å². The van der Waals surface area contributed by atoms with Crippen LogP contribution < -0.4 is 24.4 Å². The lowest BCUT2D eigenvalue weighted by Crippen LogP contribution is -2.39. The smallest absolute Gasteiger partial charge is 0.338 e. The highest BCUT2D eigenvalue weighted by molar-refractivity contribution is 7.07. The Morgan fingerprint density at radius 2 is 2.16 bits per heavy atom. The lowest BCUT2D eigenvalue weighted by Gasteiger charge is -2.24. The van der Waals surface area contributed by atoms with Crippen molar-refractivity contribution in [2.75, 3.05) is 13.4 Å². The van der Waals surface area contributed by atoms with E-state index in [1.807, 2.05) is 12.1 Å². The van der Waals surface area contributed by atoms with Crippen molar-refractivity contribution in [3.05, 3.63) is 84.8 Å². The van der Waals surface area contributed by atoms with Crippen molar-refractivity contribution >= 4 is 23.4 Å². The number of carbonyl (C=O) groups excluding carboxylic acids is 1. The lowest BCUT2D eigenvalue weighted by atomic mass is 9.95. The number of thiazole rings is 1. The van der Waals surface area contributed by atoms with Crippen LogP contribution in [0.2, 0.25) is 0 Å². The molecule has 2 aliphatic heterocycles. The first-order valence-electron chi connectivity index (χ1n) is 10.1. The average Bonchev–Trinajstić information content (AvgIpc) is 3.37. The van der Waals surface area contributed by atoms with Gasteiger partial charge < -0.3 is 14.2 Å². The Morgan fingerprint density at radius 1 is 1.31 bits per heavy atom. The molecule has 162 valence electrons. The minimum Gasteiger partial charge on any atom is -0.463 e. The van der Waals surface area contributed by atoms with Crippen molar-refractivity contribution in [2.24, 2.45) is 4.99 Å². The van der Waals surface area contributed by atoms with Gasteiger partial charge in [0.25, 0.3) is 5.56 Å². The van der Waals surface area contributed by atoms with Gasteiger partial charge in [-0.15, -0.1) is 0 Å². The fourth-order valence-corrected chi connectivity index (χ4v) is 4.85. The molecule has 1 atom stereocenters. The van der Waals surface area contributed by atoms with E-state index in [9.17, 15) is 9.59 Å². The van der Waals surface area contributed by atoms with E-state index in [-0.39, 0.29) is 19.0 Å². The maximum absolute atomic E-state index is 13.5. The first-order chi connectivity index (χ1) is 15.6. The minimum absolute atomic E-state index is 0.131. The van der Waals surface area contributed by atoms with E-state index in [0.29, 0.717) is 37.7 Å². The van der Waals surface area contributed by atoms with Crippen molar-refractivity contribution in [1.29, 1.82) is 0 Å². The molecule has 0 N–H and O–H groups in total. The molecule has 0 amide bonds. The summed E-state index contributed by atoms with van der Waals surface area (Å²) in [4.78, 5) is 35.6. The zero-order valence-electron chi connectivity index (χ0n) is 17.4. The summed E-state index contributed by atoms with van der Waals surface area (Å²) in [5.41, 5.74) is 2.11. The van der Waals surface area contributed by atoms with Crippen LogP contribution in [0.5, 0.6) is 11.5 Å². The molecule has 5 rings (SSSR count). The molecule has 32 heavy (non-hydrogen) atoms. The van der Waals surface area contributed by atoms with E-state index in [2.05, 4.69) is 9.98 Å². The van der Waals surface area contributed by atoms with Crippen molar-refractivity contribution in [3.63, 3.8) is 0 Å².